The fourth-order valence-corrected chi connectivity index (χ4v) is 2.51. The van der Waals surface area contributed by atoms with E-state index in [9.17, 15) is 4.79 Å². The molecule has 5 heteroatoms. The highest BCUT2D eigenvalue weighted by Crippen LogP contribution is 2.38. The molecule has 0 amide bonds. The molecule has 23 heavy (non-hydrogen) atoms. The number of halogens is 1. The van der Waals surface area contributed by atoms with Gasteiger partial charge in [-0.15, -0.1) is 0 Å². The zero-order valence-electron chi connectivity index (χ0n) is 13.1. The number of hydrogen-bond donors (Lipinski definition) is 0. The fraction of sp³-hybridized carbons (Fsp3) is 0.167. The standard InChI is InChI=1S/C18H17BrO4/c1-21-16-9-12(10-17(22-2)18(16)23-3)7-8-15(20)13-5-4-6-14(19)11-13/h4-11H,1-3H3. The van der Waals surface area contributed by atoms with Gasteiger partial charge in [0.25, 0.3) is 0 Å². The molecule has 2 aromatic rings. The van der Waals surface area contributed by atoms with Crippen LogP contribution in [0.5, 0.6) is 17.2 Å². The third-order valence-electron chi connectivity index (χ3n) is 3.22. The number of hydrogen-bond acceptors (Lipinski definition) is 4. The van der Waals surface area contributed by atoms with Crippen molar-refractivity contribution in [2.75, 3.05) is 21.3 Å². The Hall–Kier alpha value is -2.27. The third-order valence-corrected chi connectivity index (χ3v) is 3.72. The molecule has 0 aliphatic carbocycles. The summed E-state index contributed by atoms with van der Waals surface area (Å²) in [4.78, 5) is 12.2. The van der Waals surface area contributed by atoms with Gasteiger partial charge in [0, 0.05) is 10.0 Å². The molecule has 0 N–H and O–H groups in total. The Balaban J connectivity index is 2.30. The molecule has 0 saturated heterocycles. The Bertz CT molecular complexity index is 713. The van der Waals surface area contributed by atoms with Crippen LogP contribution >= 0.6 is 15.9 Å². The van der Waals surface area contributed by atoms with Gasteiger partial charge in [0.05, 0.1) is 21.3 Å². The van der Waals surface area contributed by atoms with Gasteiger partial charge in [0.15, 0.2) is 17.3 Å². The second-order valence-electron chi connectivity index (χ2n) is 4.67. The largest absolute Gasteiger partial charge is 0.493 e. The lowest BCUT2D eigenvalue weighted by molar-refractivity contribution is 0.104. The molecule has 0 atom stereocenters. The summed E-state index contributed by atoms with van der Waals surface area (Å²) in [5, 5.41) is 0. The van der Waals surface area contributed by atoms with Crippen LogP contribution < -0.4 is 14.2 Å². The van der Waals surface area contributed by atoms with Crippen molar-refractivity contribution in [2.24, 2.45) is 0 Å². The second-order valence-corrected chi connectivity index (χ2v) is 5.58. The number of allylic oxidation sites excluding steroid dienone is 1. The van der Waals surface area contributed by atoms with Crippen LogP contribution in [0.25, 0.3) is 6.08 Å². The van der Waals surface area contributed by atoms with Crippen molar-refractivity contribution in [1.29, 1.82) is 0 Å². The zero-order chi connectivity index (χ0) is 16.8. The van der Waals surface area contributed by atoms with E-state index in [1.807, 2.05) is 12.1 Å². The summed E-state index contributed by atoms with van der Waals surface area (Å²) in [6.07, 6.45) is 3.23. The van der Waals surface area contributed by atoms with Gasteiger partial charge in [-0.2, -0.15) is 0 Å². The smallest absolute Gasteiger partial charge is 0.203 e. The Morgan fingerprint density at radius 3 is 2.17 bits per heavy atom. The highest BCUT2D eigenvalue weighted by Gasteiger charge is 2.12. The summed E-state index contributed by atoms with van der Waals surface area (Å²) in [5.74, 6) is 1.52. The van der Waals surface area contributed by atoms with E-state index in [1.54, 1.807) is 51.7 Å². The lowest BCUT2D eigenvalue weighted by Crippen LogP contribution is -1.96. The van der Waals surface area contributed by atoms with Crippen molar-refractivity contribution in [3.8, 4) is 17.2 Å². The summed E-state index contributed by atoms with van der Waals surface area (Å²) in [6, 6.07) is 10.8. The first-order valence-corrected chi connectivity index (χ1v) is 7.66. The van der Waals surface area contributed by atoms with Crippen molar-refractivity contribution in [3.05, 3.63) is 58.1 Å². The molecule has 0 spiro atoms. The van der Waals surface area contributed by atoms with Gasteiger partial charge >= 0.3 is 0 Å². The van der Waals surface area contributed by atoms with Gasteiger partial charge in [0.1, 0.15) is 0 Å². The van der Waals surface area contributed by atoms with Crippen LogP contribution in [0.3, 0.4) is 0 Å². The van der Waals surface area contributed by atoms with E-state index in [0.29, 0.717) is 22.8 Å². The maximum absolute atomic E-state index is 12.2. The average Bonchev–Trinajstić information content (AvgIpc) is 2.58. The van der Waals surface area contributed by atoms with Crippen molar-refractivity contribution in [2.45, 2.75) is 0 Å². The molecule has 0 aliphatic heterocycles. The number of carbonyl (C=O) groups is 1. The Morgan fingerprint density at radius 2 is 1.65 bits per heavy atom. The van der Waals surface area contributed by atoms with Gasteiger partial charge in [-0.1, -0.05) is 34.1 Å². The maximum Gasteiger partial charge on any atom is 0.203 e. The van der Waals surface area contributed by atoms with E-state index in [-0.39, 0.29) is 5.78 Å². The highest BCUT2D eigenvalue weighted by atomic mass is 79.9. The zero-order valence-corrected chi connectivity index (χ0v) is 14.7. The van der Waals surface area contributed by atoms with E-state index in [1.165, 1.54) is 6.08 Å². The van der Waals surface area contributed by atoms with Crippen LogP contribution in [-0.2, 0) is 0 Å². The summed E-state index contributed by atoms with van der Waals surface area (Å²) in [6.45, 7) is 0. The summed E-state index contributed by atoms with van der Waals surface area (Å²) in [7, 11) is 4.65. The minimum atomic E-state index is -0.0833. The van der Waals surface area contributed by atoms with Gasteiger partial charge in [-0.05, 0) is 35.9 Å². The van der Waals surface area contributed by atoms with Crippen LogP contribution in [0.1, 0.15) is 15.9 Å². The number of carbonyl (C=O) groups excluding carboxylic acids is 1. The minimum absolute atomic E-state index is 0.0833. The predicted molar refractivity (Wildman–Crippen MR) is 93.6 cm³/mol. The molecular weight excluding hydrogens is 360 g/mol. The van der Waals surface area contributed by atoms with Crippen LogP contribution in [0.15, 0.2) is 46.9 Å². The molecule has 120 valence electrons. The molecule has 0 aromatic heterocycles. The molecule has 0 fully saturated rings. The number of rotatable bonds is 6. The normalized spacial score (nSPS) is 10.6. The van der Waals surface area contributed by atoms with Gasteiger partial charge in [-0.25, -0.2) is 0 Å². The molecule has 0 saturated carbocycles. The number of ether oxygens (including phenoxy) is 3. The summed E-state index contributed by atoms with van der Waals surface area (Å²) < 4.78 is 16.7. The molecular formula is C18H17BrO4. The second kappa shape index (κ2) is 7.83. The number of benzene rings is 2. The van der Waals surface area contributed by atoms with Gasteiger partial charge in [-0.3, -0.25) is 4.79 Å². The van der Waals surface area contributed by atoms with Crippen molar-refractivity contribution < 1.29 is 19.0 Å². The van der Waals surface area contributed by atoms with E-state index in [0.717, 1.165) is 10.0 Å². The molecule has 0 aliphatic rings. The third kappa shape index (κ3) is 4.13. The first kappa shape index (κ1) is 17.1. The molecule has 4 nitrogen and oxygen atoms in total. The van der Waals surface area contributed by atoms with Crippen LogP contribution in [0.4, 0.5) is 0 Å². The first-order valence-electron chi connectivity index (χ1n) is 6.87. The minimum Gasteiger partial charge on any atom is -0.493 e. The van der Waals surface area contributed by atoms with Crippen LogP contribution in [0, 0.1) is 0 Å². The van der Waals surface area contributed by atoms with Gasteiger partial charge < -0.3 is 14.2 Å². The number of methoxy groups -OCH3 is 3. The van der Waals surface area contributed by atoms with Crippen LogP contribution in [0.2, 0.25) is 0 Å². The summed E-state index contributed by atoms with van der Waals surface area (Å²) >= 11 is 3.36. The lowest BCUT2D eigenvalue weighted by Gasteiger charge is -2.12. The Kier molecular flexibility index (Phi) is 5.82. The maximum atomic E-state index is 12.2. The van der Waals surface area contributed by atoms with E-state index in [4.69, 9.17) is 14.2 Å². The average molecular weight is 377 g/mol. The van der Waals surface area contributed by atoms with Crippen molar-refractivity contribution >= 4 is 27.8 Å². The van der Waals surface area contributed by atoms with Crippen LogP contribution in [-0.4, -0.2) is 27.1 Å². The van der Waals surface area contributed by atoms with Gasteiger partial charge in [0.2, 0.25) is 5.75 Å². The van der Waals surface area contributed by atoms with E-state index >= 15 is 0 Å². The molecule has 2 rings (SSSR count). The molecule has 0 bridgehead atoms. The molecule has 0 heterocycles. The molecule has 0 radical (unpaired) electrons. The van der Waals surface area contributed by atoms with E-state index < -0.39 is 0 Å². The predicted octanol–water partition coefficient (Wildman–Crippen LogP) is 4.37. The number of ketones is 1. The topological polar surface area (TPSA) is 44.8 Å². The first-order chi connectivity index (χ1) is 11.1. The molecule has 2 aromatic carbocycles. The van der Waals surface area contributed by atoms with Crippen molar-refractivity contribution in [1.82, 2.24) is 0 Å². The Labute approximate surface area is 143 Å². The SMILES string of the molecule is COc1cc(C=CC(=O)c2cccc(Br)c2)cc(OC)c1OC. The lowest BCUT2D eigenvalue weighted by atomic mass is 10.1. The van der Waals surface area contributed by atoms with Crippen molar-refractivity contribution in [3.63, 3.8) is 0 Å². The monoisotopic (exact) mass is 376 g/mol. The fourth-order valence-electron chi connectivity index (χ4n) is 2.11. The highest BCUT2D eigenvalue weighted by molar-refractivity contribution is 9.10. The quantitative estimate of drug-likeness (QED) is 0.554. The Morgan fingerprint density at radius 1 is 1.00 bits per heavy atom. The molecule has 0 unspecified atom stereocenters. The summed E-state index contributed by atoms with van der Waals surface area (Å²) in [5.41, 5.74) is 1.39. The van der Waals surface area contributed by atoms with E-state index in [2.05, 4.69) is 15.9 Å².